The van der Waals surface area contributed by atoms with Gasteiger partial charge in [-0.25, -0.2) is 0 Å². The van der Waals surface area contributed by atoms with Crippen LogP contribution in [0.4, 0.5) is 0 Å². The van der Waals surface area contributed by atoms with E-state index in [0.717, 1.165) is 50.4 Å². The average Bonchev–Trinajstić information content (AvgIpc) is 2.81. The number of allylic oxidation sites excluding steroid dienone is 1. The lowest BCUT2D eigenvalue weighted by atomic mass is 9.49. The van der Waals surface area contributed by atoms with Gasteiger partial charge in [0.25, 0.3) is 0 Å². The second-order valence-corrected chi connectivity index (χ2v) is 8.47. The van der Waals surface area contributed by atoms with Crippen molar-refractivity contribution in [2.24, 2.45) is 35.0 Å². The summed E-state index contributed by atoms with van der Waals surface area (Å²) in [4.78, 5) is 24.3. The van der Waals surface area contributed by atoms with Crippen molar-refractivity contribution >= 4 is 11.6 Å². The summed E-state index contributed by atoms with van der Waals surface area (Å²) in [6, 6.07) is 0. The second-order valence-electron chi connectivity index (χ2n) is 8.47. The van der Waals surface area contributed by atoms with Gasteiger partial charge in [-0.3, -0.25) is 9.59 Å². The standard InChI is InChI=1S/C20H28O2/c1-3-12-10-13-11-14(21)4-5-15(13)16-8-9-20(2)17(19(12)16)6-7-18(20)22/h11-12,15-17,19H,3-10H2,1-2H3/t12-,15+,16-,17+,19-,20+/m1/s1. The predicted octanol–water partition coefficient (Wildman–Crippen LogP) is 4.33. The molecule has 4 aliphatic carbocycles. The molecule has 0 spiro atoms. The van der Waals surface area contributed by atoms with Gasteiger partial charge in [-0.2, -0.15) is 0 Å². The maximum atomic E-state index is 12.5. The smallest absolute Gasteiger partial charge is 0.155 e. The fourth-order valence-electron chi connectivity index (χ4n) is 6.57. The molecule has 0 saturated heterocycles. The van der Waals surface area contributed by atoms with E-state index in [1.807, 2.05) is 6.08 Å². The molecule has 0 radical (unpaired) electrons. The number of Topliss-reactive ketones (excluding diaryl/α,β-unsaturated/α-hetero) is 1. The zero-order valence-corrected chi connectivity index (χ0v) is 13.9. The quantitative estimate of drug-likeness (QED) is 0.722. The molecular formula is C20H28O2. The lowest BCUT2D eigenvalue weighted by molar-refractivity contribution is -0.132. The van der Waals surface area contributed by atoms with E-state index >= 15 is 0 Å². The topological polar surface area (TPSA) is 34.1 Å². The van der Waals surface area contributed by atoms with Crippen LogP contribution in [0.15, 0.2) is 11.6 Å². The largest absolute Gasteiger partial charge is 0.299 e. The van der Waals surface area contributed by atoms with Crippen molar-refractivity contribution in [2.45, 2.75) is 65.2 Å². The number of carbonyl (C=O) groups excluding carboxylic acids is 2. The number of rotatable bonds is 1. The molecule has 0 amide bonds. The first-order valence-corrected chi connectivity index (χ1v) is 9.31. The highest BCUT2D eigenvalue weighted by Crippen LogP contribution is 2.62. The van der Waals surface area contributed by atoms with Crippen LogP contribution in [0.1, 0.15) is 65.2 Å². The van der Waals surface area contributed by atoms with Crippen molar-refractivity contribution in [3.8, 4) is 0 Å². The Bertz CT molecular complexity index is 546. The predicted molar refractivity (Wildman–Crippen MR) is 86.3 cm³/mol. The van der Waals surface area contributed by atoms with Crippen LogP contribution in [-0.2, 0) is 9.59 Å². The van der Waals surface area contributed by atoms with Crippen LogP contribution in [0.25, 0.3) is 0 Å². The van der Waals surface area contributed by atoms with Gasteiger partial charge in [0.1, 0.15) is 5.78 Å². The summed E-state index contributed by atoms with van der Waals surface area (Å²) in [6.45, 7) is 4.56. The number of ketones is 2. The molecule has 0 aromatic rings. The van der Waals surface area contributed by atoms with E-state index in [1.165, 1.54) is 18.4 Å². The summed E-state index contributed by atoms with van der Waals surface area (Å²) in [5.74, 6) is 4.29. The van der Waals surface area contributed by atoms with Gasteiger partial charge >= 0.3 is 0 Å². The normalized spacial score (nSPS) is 47.5. The van der Waals surface area contributed by atoms with Crippen molar-refractivity contribution in [2.75, 3.05) is 0 Å². The summed E-state index contributed by atoms with van der Waals surface area (Å²) in [7, 11) is 0. The molecule has 4 aliphatic rings. The Morgan fingerprint density at radius 2 is 2.00 bits per heavy atom. The molecule has 0 N–H and O–H groups in total. The van der Waals surface area contributed by atoms with Gasteiger partial charge in [0.05, 0.1) is 0 Å². The van der Waals surface area contributed by atoms with Crippen LogP contribution in [-0.4, -0.2) is 11.6 Å². The van der Waals surface area contributed by atoms with Crippen LogP contribution < -0.4 is 0 Å². The molecule has 0 heterocycles. The molecule has 6 atom stereocenters. The zero-order chi connectivity index (χ0) is 15.5. The van der Waals surface area contributed by atoms with E-state index in [0.29, 0.717) is 29.3 Å². The van der Waals surface area contributed by atoms with Gasteiger partial charge in [0.15, 0.2) is 5.78 Å². The van der Waals surface area contributed by atoms with E-state index in [2.05, 4.69) is 13.8 Å². The van der Waals surface area contributed by atoms with Crippen molar-refractivity contribution in [1.29, 1.82) is 0 Å². The lowest BCUT2D eigenvalue weighted by Gasteiger charge is -2.55. The van der Waals surface area contributed by atoms with Crippen LogP contribution >= 0.6 is 0 Å². The minimum absolute atomic E-state index is 0.0275. The first-order chi connectivity index (χ1) is 10.5. The molecule has 0 bridgehead atoms. The molecule has 2 nitrogen and oxygen atoms in total. The molecule has 0 aromatic heterocycles. The maximum absolute atomic E-state index is 12.5. The first-order valence-electron chi connectivity index (χ1n) is 9.31. The second kappa shape index (κ2) is 5.04. The fraction of sp³-hybridized carbons (Fsp3) is 0.800. The third kappa shape index (κ3) is 1.91. The third-order valence-electron chi connectivity index (χ3n) is 7.70. The Labute approximate surface area is 133 Å². The molecule has 120 valence electrons. The Hall–Kier alpha value is -0.920. The Morgan fingerprint density at radius 3 is 2.77 bits per heavy atom. The van der Waals surface area contributed by atoms with E-state index < -0.39 is 0 Å². The van der Waals surface area contributed by atoms with Crippen molar-refractivity contribution in [3.63, 3.8) is 0 Å². The third-order valence-corrected chi connectivity index (χ3v) is 7.70. The molecule has 3 saturated carbocycles. The molecule has 0 unspecified atom stereocenters. The molecule has 3 fully saturated rings. The van der Waals surface area contributed by atoms with Crippen molar-refractivity contribution in [3.05, 3.63) is 11.6 Å². The first kappa shape index (κ1) is 14.7. The minimum atomic E-state index is -0.0275. The summed E-state index contributed by atoms with van der Waals surface area (Å²) in [5, 5.41) is 0. The number of fused-ring (bicyclic) bond motifs is 5. The van der Waals surface area contributed by atoms with E-state index in [9.17, 15) is 9.59 Å². The Morgan fingerprint density at radius 1 is 1.18 bits per heavy atom. The molecule has 2 heteroatoms. The molecule has 4 rings (SSSR count). The molecule has 0 aliphatic heterocycles. The van der Waals surface area contributed by atoms with E-state index in [4.69, 9.17) is 0 Å². The maximum Gasteiger partial charge on any atom is 0.155 e. The zero-order valence-electron chi connectivity index (χ0n) is 13.9. The van der Waals surface area contributed by atoms with Gasteiger partial charge in [-0.15, -0.1) is 0 Å². The van der Waals surface area contributed by atoms with Gasteiger partial charge in [-0.1, -0.05) is 25.8 Å². The van der Waals surface area contributed by atoms with Gasteiger partial charge in [0.2, 0.25) is 0 Å². The fourth-order valence-corrected chi connectivity index (χ4v) is 6.57. The highest BCUT2D eigenvalue weighted by Gasteiger charge is 2.58. The monoisotopic (exact) mass is 300 g/mol. The van der Waals surface area contributed by atoms with Crippen LogP contribution in [0.5, 0.6) is 0 Å². The van der Waals surface area contributed by atoms with Crippen molar-refractivity contribution in [1.82, 2.24) is 0 Å². The van der Waals surface area contributed by atoms with Crippen LogP contribution in [0.2, 0.25) is 0 Å². The average molecular weight is 300 g/mol. The lowest BCUT2D eigenvalue weighted by Crippen LogP contribution is -2.49. The van der Waals surface area contributed by atoms with E-state index in [-0.39, 0.29) is 5.41 Å². The summed E-state index contributed by atoms with van der Waals surface area (Å²) in [5.41, 5.74) is 1.43. The summed E-state index contributed by atoms with van der Waals surface area (Å²) >= 11 is 0. The molecule has 0 aromatic carbocycles. The van der Waals surface area contributed by atoms with E-state index in [1.54, 1.807) is 0 Å². The van der Waals surface area contributed by atoms with Gasteiger partial charge in [0, 0.05) is 18.3 Å². The highest BCUT2D eigenvalue weighted by atomic mass is 16.1. The number of hydrogen-bond acceptors (Lipinski definition) is 2. The number of carbonyl (C=O) groups is 2. The van der Waals surface area contributed by atoms with Crippen LogP contribution in [0, 0.1) is 35.0 Å². The molecule has 22 heavy (non-hydrogen) atoms. The van der Waals surface area contributed by atoms with Crippen molar-refractivity contribution < 1.29 is 9.59 Å². The Kier molecular flexibility index (Phi) is 3.36. The van der Waals surface area contributed by atoms with Crippen LogP contribution in [0.3, 0.4) is 0 Å². The minimum Gasteiger partial charge on any atom is -0.299 e. The summed E-state index contributed by atoms with van der Waals surface area (Å²) in [6.07, 6.45) is 10.3. The van der Waals surface area contributed by atoms with Gasteiger partial charge < -0.3 is 0 Å². The highest BCUT2D eigenvalue weighted by molar-refractivity contribution is 5.91. The number of hydrogen-bond donors (Lipinski definition) is 0. The Balaban J connectivity index is 1.71. The van der Waals surface area contributed by atoms with Gasteiger partial charge in [-0.05, 0) is 67.8 Å². The SMILES string of the molecule is CC[C@@H]1CC2=CC(=O)CC[C@@H]2[C@H]2CC[C@]3(C)C(=O)CC[C@H]3[C@H]12. The molecular weight excluding hydrogens is 272 g/mol. The summed E-state index contributed by atoms with van der Waals surface area (Å²) < 4.78 is 0.